The van der Waals surface area contributed by atoms with Gasteiger partial charge in [-0.2, -0.15) is 0 Å². The van der Waals surface area contributed by atoms with Crippen molar-refractivity contribution in [3.05, 3.63) is 23.8 Å². The fourth-order valence-electron chi connectivity index (χ4n) is 2.07. The lowest BCUT2D eigenvalue weighted by atomic mass is 10.1. The molecule has 1 aliphatic rings. The highest BCUT2D eigenvalue weighted by Gasteiger charge is 2.31. The number of hydrogen-bond donors (Lipinski definition) is 1. The van der Waals surface area contributed by atoms with E-state index in [0.717, 1.165) is 18.7 Å². The Kier molecular flexibility index (Phi) is 3.19. The first-order chi connectivity index (χ1) is 8.37. The lowest BCUT2D eigenvalue weighted by Gasteiger charge is -2.21. The summed E-state index contributed by atoms with van der Waals surface area (Å²) in [5.74, 6) is 0.275. The maximum atomic E-state index is 12.1. The van der Waals surface area contributed by atoms with Gasteiger partial charge in [0.05, 0.1) is 0 Å². The molecule has 1 aromatic rings. The van der Waals surface area contributed by atoms with Gasteiger partial charge in [0, 0.05) is 18.7 Å². The molecular weight excluding hydrogens is 245 g/mol. The number of nitrogens with zero attached hydrogens (tertiary/aromatic N) is 1. The molecule has 1 heterocycles. The van der Waals surface area contributed by atoms with Crippen LogP contribution in [-0.2, 0) is 0 Å². The van der Waals surface area contributed by atoms with Crippen LogP contribution in [0.5, 0.6) is 5.75 Å². The minimum Gasteiger partial charge on any atom is -0.406 e. The van der Waals surface area contributed by atoms with Crippen LogP contribution in [0.2, 0.25) is 0 Å². The second-order valence-corrected chi connectivity index (χ2v) is 4.20. The van der Waals surface area contributed by atoms with E-state index in [2.05, 4.69) is 4.74 Å². The Labute approximate surface area is 103 Å². The number of anilines is 1. The molecule has 1 fully saturated rings. The van der Waals surface area contributed by atoms with Crippen LogP contribution in [0.25, 0.3) is 0 Å². The highest BCUT2D eigenvalue weighted by Crippen LogP contribution is 2.30. The number of rotatable bonds is 2. The van der Waals surface area contributed by atoms with Gasteiger partial charge >= 0.3 is 6.36 Å². The van der Waals surface area contributed by atoms with Crippen molar-refractivity contribution in [2.24, 2.45) is 0 Å². The monoisotopic (exact) mass is 258 g/mol. The maximum Gasteiger partial charge on any atom is 0.573 e. The minimum atomic E-state index is -4.67. The first-order valence-electron chi connectivity index (χ1n) is 5.58. The summed E-state index contributed by atoms with van der Waals surface area (Å²) in [5, 5.41) is 7.75. The normalized spacial score (nSPS) is 16.2. The molecule has 0 amide bonds. The van der Waals surface area contributed by atoms with Crippen molar-refractivity contribution in [3.63, 3.8) is 0 Å². The van der Waals surface area contributed by atoms with Crippen molar-refractivity contribution < 1.29 is 17.9 Å². The van der Waals surface area contributed by atoms with E-state index < -0.39 is 6.36 Å². The molecule has 0 unspecified atom stereocenters. The van der Waals surface area contributed by atoms with Crippen molar-refractivity contribution in [2.75, 3.05) is 11.4 Å². The number of halogens is 3. The molecule has 0 aromatic heterocycles. The zero-order valence-corrected chi connectivity index (χ0v) is 9.84. The Morgan fingerprint density at radius 1 is 1.33 bits per heavy atom. The molecule has 2 rings (SSSR count). The van der Waals surface area contributed by atoms with Gasteiger partial charge in [-0.25, -0.2) is 0 Å². The number of amidine groups is 1. The van der Waals surface area contributed by atoms with E-state index in [-0.39, 0.29) is 5.75 Å². The topological polar surface area (TPSA) is 36.3 Å². The van der Waals surface area contributed by atoms with Crippen molar-refractivity contribution >= 4 is 11.5 Å². The Morgan fingerprint density at radius 3 is 2.56 bits per heavy atom. The van der Waals surface area contributed by atoms with Gasteiger partial charge < -0.3 is 9.64 Å². The molecule has 1 saturated heterocycles. The molecule has 0 radical (unpaired) electrons. The molecule has 18 heavy (non-hydrogen) atoms. The molecule has 98 valence electrons. The predicted octanol–water partition coefficient (Wildman–Crippen LogP) is 3.47. The first kappa shape index (κ1) is 12.7. The van der Waals surface area contributed by atoms with Crippen LogP contribution in [0.4, 0.5) is 18.9 Å². The quantitative estimate of drug-likeness (QED) is 0.881. The summed E-state index contributed by atoms with van der Waals surface area (Å²) in [6.07, 6.45) is -3.06. The molecule has 6 heteroatoms. The summed E-state index contributed by atoms with van der Waals surface area (Å²) in [6.45, 7) is 2.45. The van der Waals surface area contributed by atoms with Crippen molar-refractivity contribution in [2.45, 2.75) is 26.1 Å². The van der Waals surface area contributed by atoms with E-state index in [1.54, 1.807) is 13.0 Å². The summed E-state index contributed by atoms with van der Waals surface area (Å²) in [4.78, 5) is 1.81. The maximum absolute atomic E-state index is 12.1. The van der Waals surface area contributed by atoms with Gasteiger partial charge in [-0.05, 0) is 37.1 Å². The highest BCUT2D eigenvalue weighted by atomic mass is 19.4. The van der Waals surface area contributed by atoms with Gasteiger partial charge in [-0.1, -0.05) is 0 Å². The molecule has 0 bridgehead atoms. The lowest BCUT2D eigenvalue weighted by Crippen LogP contribution is -2.24. The zero-order valence-electron chi connectivity index (χ0n) is 9.84. The Balaban J connectivity index is 2.22. The first-order valence-corrected chi connectivity index (χ1v) is 5.58. The average molecular weight is 258 g/mol. The van der Waals surface area contributed by atoms with Crippen molar-refractivity contribution in [3.8, 4) is 5.75 Å². The van der Waals surface area contributed by atoms with Gasteiger partial charge in [0.1, 0.15) is 11.6 Å². The molecule has 1 aromatic carbocycles. The summed E-state index contributed by atoms with van der Waals surface area (Å²) >= 11 is 0. The van der Waals surface area contributed by atoms with E-state index in [4.69, 9.17) is 5.41 Å². The SMILES string of the molecule is Cc1cc(OC(F)(F)F)ccc1N1CCCC1=N. The van der Waals surface area contributed by atoms with Gasteiger partial charge in [-0.15, -0.1) is 13.2 Å². The summed E-state index contributed by atoms with van der Waals surface area (Å²) in [6, 6.07) is 4.19. The standard InChI is InChI=1S/C12H13F3N2O/c1-8-7-9(18-12(13,14)15)4-5-10(8)17-6-2-3-11(17)16/h4-5,7,16H,2-3,6H2,1H3. The number of benzene rings is 1. The smallest absolute Gasteiger partial charge is 0.406 e. The number of aryl methyl sites for hydroxylation is 1. The van der Waals surface area contributed by atoms with Crippen molar-refractivity contribution in [1.29, 1.82) is 5.41 Å². The third-order valence-corrected chi connectivity index (χ3v) is 2.81. The Hall–Kier alpha value is -1.72. The Bertz CT molecular complexity index is 471. The van der Waals surface area contributed by atoms with Gasteiger partial charge in [0.2, 0.25) is 0 Å². The predicted molar refractivity (Wildman–Crippen MR) is 62.2 cm³/mol. The van der Waals surface area contributed by atoms with Crippen LogP contribution in [0, 0.1) is 12.3 Å². The second kappa shape index (κ2) is 4.51. The van der Waals surface area contributed by atoms with E-state index in [9.17, 15) is 13.2 Å². The fourth-order valence-corrected chi connectivity index (χ4v) is 2.07. The number of alkyl halides is 3. The molecule has 1 aliphatic heterocycles. The lowest BCUT2D eigenvalue weighted by molar-refractivity contribution is -0.274. The van der Waals surface area contributed by atoms with Gasteiger partial charge in [0.15, 0.2) is 0 Å². The molecular formula is C12H13F3N2O. The summed E-state index contributed by atoms with van der Waals surface area (Å²) in [7, 11) is 0. The Morgan fingerprint density at radius 2 is 2.06 bits per heavy atom. The van der Waals surface area contributed by atoms with Crippen LogP contribution in [0.3, 0.4) is 0 Å². The van der Waals surface area contributed by atoms with Crippen LogP contribution < -0.4 is 9.64 Å². The van der Waals surface area contributed by atoms with Gasteiger partial charge in [0.25, 0.3) is 0 Å². The molecule has 0 atom stereocenters. The van der Waals surface area contributed by atoms with Crippen molar-refractivity contribution in [1.82, 2.24) is 0 Å². The van der Waals surface area contributed by atoms with Crippen LogP contribution in [0.1, 0.15) is 18.4 Å². The van der Waals surface area contributed by atoms with Crippen LogP contribution in [-0.4, -0.2) is 18.7 Å². The summed E-state index contributed by atoms with van der Waals surface area (Å²) in [5.41, 5.74) is 1.44. The van der Waals surface area contributed by atoms with E-state index in [1.807, 2.05) is 4.90 Å². The van der Waals surface area contributed by atoms with E-state index >= 15 is 0 Å². The number of hydrogen-bond acceptors (Lipinski definition) is 2. The molecule has 0 aliphatic carbocycles. The second-order valence-electron chi connectivity index (χ2n) is 4.20. The molecule has 3 nitrogen and oxygen atoms in total. The highest BCUT2D eigenvalue weighted by molar-refractivity contribution is 5.98. The van der Waals surface area contributed by atoms with Crippen LogP contribution >= 0.6 is 0 Å². The molecule has 0 saturated carbocycles. The number of ether oxygens (including phenoxy) is 1. The van der Waals surface area contributed by atoms with E-state index in [0.29, 0.717) is 17.8 Å². The third kappa shape index (κ3) is 2.75. The fraction of sp³-hybridized carbons (Fsp3) is 0.417. The van der Waals surface area contributed by atoms with Gasteiger partial charge in [-0.3, -0.25) is 5.41 Å². The molecule has 0 spiro atoms. The minimum absolute atomic E-state index is 0.227. The summed E-state index contributed by atoms with van der Waals surface area (Å²) < 4.78 is 40.1. The van der Waals surface area contributed by atoms with E-state index in [1.165, 1.54) is 12.1 Å². The zero-order chi connectivity index (χ0) is 13.3. The largest absolute Gasteiger partial charge is 0.573 e. The molecule has 1 N–H and O–H groups in total. The van der Waals surface area contributed by atoms with Crippen LogP contribution in [0.15, 0.2) is 18.2 Å². The average Bonchev–Trinajstić information content (AvgIpc) is 2.62. The third-order valence-electron chi connectivity index (χ3n) is 2.81. The number of nitrogens with one attached hydrogen (secondary N) is 1.